The summed E-state index contributed by atoms with van der Waals surface area (Å²) < 4.78 is 10.2. The van der Waals surface area contributed by atoms with Crippen LogP contribution in [0.4, 0.5) is 5.69 Å². The van der Waals surface area contributed by atoms with Gasteiger partial charge in [0, 0.05) is 23.9 Å². The number of nitrogens with two attached hydrogens (primary N) is 1. The maximum Gasteiger partial charge on any atom is 0.234 e. The Morgan fingerprint density at radius 3 is 2.17 bits per heavy atom. The molecule has 0 heterocycles. The van der Waals surface area contributed by atoms with Crippen molar-refractivity contribution in [2.45, 2.75) is 6.92 Å². The molecular weight excluding hydrogens is 252 g/mol. The molecule has 1 aromatic carbocycles. The highest BCUT2D eigenvalue weighted by molar-refractivity contribution is 7.80. The van der Waals surface area contributed by atoms with Crippen LogP contribution in [0.3, 0.4) is 0 Å². The molecular formula is C12H16N2O3S. The molecule has 0 aliphatic heterocycles. The Balaban J connectivity index is 2.90. The number of amides is 1. The minimum Gasteiger partial charge on any atom is -0.497 e. The van der Waals surface area contributed by atoms with Gasteiger partial charge >= 0.3 is 0 Å². The normalized spacial score (nSPS) is 11.5. The molecule has 0 saturated heterocycles. The third kappa shape index (κ3) is 3.59. The van der Waals surface area contributed by atoms with Crippen molar-refractivity contribution >= 4 is 28.8 Å². The van der Waals surface area contributed by atoms with Gasteiger partial charge in [0.05, 0.1) is 25.1 Å². The molecule has 98 valence electrons. The van der Waals surface area contributed by atoms with Crippen molar-refractivity contribution < 1.29 is 14.3 Å². The second kappa shape index (κ2) is 6.20. The minimum absolute atomic E-state index is 0.155. The number of benzene rings is 1. The maximum absolute atomic E-state index is 11.8. The molecule has 3 N–H and O–H groups in total. The molecule has 0 aromatic heterocycles. The Morgan fingerprint density at radius 1 is 1.28 bits per heavy atom. The molecule has 1 atom stereocenters. The minimum atomic E-state index is -0.530. The van der Waals surface area contributed by atoms with Crippen LogP contribution in [0, 0.1) is 5.92 Å². The third-order valence-corrected chi connectivity index (χ3v) is 2.79. The first-order valence-corrected chi connectivity index (χ1v) is 5.72. The fourth-order valence-electron chi connectivity index (χ4n) is 1.26. The maximum atomic E-state index is 11.8. The van der Waals surface area contributed by atoms with Crippen LogP contribution in [-0.4, -0.2) is 25.1 Å². The molecule has 1 unspecified atom stereocenters. The van der Waals surface area contributed by atoms with Crippen LogP contribution in [0.25, 0.3) is 0 Å². The van der Waals surface area contributed by atoms with Gasteiger partial charge in [0.25, 0.3) is 0 Å². The lowest BCUT2D eigenvalue weighted by molar-refractivity contribution is -0.117. The molecule has 1 aromatic rings. The summed E-state index contributed by atoms with van der Waals surface area (Å²) in [4.78, 5) is 11.9. The highest BCUT2D eigenvalue weighted by Gasteiger charge is 2.16. The number of thiocarbonyl (C=S) groups is 1. The number of carbonyl (C=O) groups is 1. The van der Waals surface area contributed by atoms with Crippen LogP contribution in [0.1, 0.15) is 6.92 Å². The van der Waals surface area contributed by atoms with Gasteiger partial charge in [-0.25, -0.2) is 0 Å². The lowest BCUT2D eigenvalue weighted by Gasteiger charge is -2.12. The first-order valence-electron chi connectivity index (χ1n) is 5.31. The number of nitrogens with one attached hydrogen (secondary N) is 1. The number of methoxy groups -OCH3 is 2. The van der Waals surface area contributed by atoms with Gasteiger partial charge in [-0.05, 0) is 6.92 Å². The Bertz CT molecular complexity index is 440. The van der Waals surface area contributed by atoms with Crippen molar-refractivity contribution in [3.63, 3.8) is 0 Å². The second-order valence-electron chi connectivity index (χ2n) is 3.71. The van der Waals surface area contributed by atoms with Crippen LogP contribution in [0.5, 0.6) is 11.5 Å². The molecule has 0 fully saturated rings. The van der Waals surface area contributed by atoms with E-state index in [1.807, 2.05) is 0 Å². The Hall–Kier alpha value is -1.82. The summed E-state index contributed by atoms with van der Waals surface area (Å²) >= 11 is 4.78. The van der Waals surface area contributed by atoms with Gasteiger partial charge in [0.15, 0.2) is 0 Å². The largest absolute Gasteiger partial charge is 0.497 e. The molecule has 0 saturated carbocycles. The summed E-state index contributed by atoms with van der Waals surface area (Å²) in [7, 11) is 3.08. The van der Waals surface area contributed by atoms with Crippen LogP contribution in [-0.2, 0) is 4.79 Å². The average molecular weight is 268 g/mol. The molecule has 18 heavy (non-hydrogen) atoms. The molecule has 6 heteroatoms. The Labute approximate surface area is 111 Å². The fraction of sp³-hybridized carbons (Fsp3) is 0.333. The van der Waals surface area contributed by atoms with E-state index in [2.05, 4.69) is 5.32 Å². The topological polar surface area (TPSA) is 73.6 Å². The van der Waals surface area contributed by atoms with E-state index in [0.29, 0.717) is 17.2 Å². The van der Waals surface area contributed by atoms with Crippen molar-refractivity contribution in [3.05, 3.63) is 18.2 Å². The monoisotopic (exact) mass is 268 g/mol. The molecule has 5 nitrogen and oxygen atoms in total. The SMILES string of the molecule is COc1cc(NC(=O)C(C)C(N)=S)cc(OC)c1. The van der Waals surface area contributed by atoms with Crippen LogP contribution in [0.2, 0.25) is 0 Å². The fourth-order valence-corrected chi connectivity index (χ4v) is 1.37. The first kappa shape index (κ1) is 14.2. The number of carbonyl (C=O) groups excluding carboxylic acids is 1. The molecule has 0 radical (unpaired) electrons. The molecule has 0 aliphatic rings. The highest BCUT2D eigenvalue weighted by Crippen LogP contribution is 2.26. The standard InChI is InChI=1S/C12H16N2O3S/c1-7(11(13)18)12(15)14-8-4-9(16-2)6-10(5-8)17-3/h4-7H,1-3H3,(H2,13,18)(H,14,15). The van der Waals surface area contributed by atoms with Gasteiger partial charge < -0.3 is 20.5 Å². The molecule has 1 rings (SSSR count). The Kier molecular flexibility index (Phi) is 4.91. The molecule has 1 amide bonds. The van der Waals surface area contributed by atoms with Crippen molar-refractivity contribution in [2.75, 3.05) is 19.5 Å². The van der Waals surface area contributed by atoms with Crippen LogP contribution < -0.4 is 20.5 Å². The van der Waals surface area contributed by atoms with Crippen LogP contribution >= 0.6 is 12.2 Å². The van der Waals surface area contributed by atoms with Gasteiger partial charge in [0.1, 0.15) is 11.5 Å². The van der Waals surface area contributed by atoms with E-state index in [-0.39, 0.29) is 10.9 Å². The van der Waals surface area contributed by atoms with E-state index in [9.17, 15) is 4.79 Å². The summed E-state index contributed by atoms with van der Waals surface area (Å²) in [5.41, 5.74) is 5.99. The Morgan fingerprint density at radius 2 is 1.78 bits per heavy atom. The predicted molar refractivity (Wildman–Crippen MR) is 74.1 cm³/mol. The third-order valence-electron chi connectivity index (χ3n) is 2.44. The van der Waals surface area contributed by atoms with Gasteiger partial charge in [-0.2, -0.15) is 0 Å². The highest BCUT2D eigenvalue weighted by atomic mass is 32.1. The molecule has 0 aliphatic carbocycles. The lowest BCUT2D eigenvalue weighted by Crippen LogP contribution is -2.30. The molecule has 0 spiro atoms. The van der Waals surface area contributed by atoms with Crippen molar-refractivity contribution in [3.8, 4) is 11.5 Å². The predicted octanol–water partition coefficient (Wildman–Crippen LogP) is 1.56. The lowest BCUT2D eigenvalue weighted by atomic mass is 10.1. The first-order chi connectivity index (χ1) is 8.47. The number of hydrogen-bond acceptors (Lipinski definition) is 4. The summed E-state index contributed by atoms with van der Waals surface area (Å²) in [5, 5.41) is 2.71. The van der Waals surface area contributed by atoms with Gasteiger partial charge in [-0.15, -0.1) is 0 Å². The number of anilines is 1. The zero-order valence-electron chi connectivity index (χ0n) is 10.5. The number of ether oxygens (including phenoxy) is 2. The van der Waals surface area contributed by atoms with E-state index in [0.717, 1.165) is 0 Å². The quantitative estimate of drug-likeness (QED) is 0.793. The van der Waals surface area contributed by atoms with Crippen molar-refractivity contribution in [2.24, 2.45) is 11.7 Å². The number of rotatable bonds is 5. The summed E-state index contributed by atoms with van der Waals surface area (Å²) in [6, 6.07) is 5.09. The summed E-state index contributed by atoms with van der Waals surface area (Å²) in [6.45, 7) is 1.65. The summed E-state index contributed by atoms with van der Waals surface area (Å²) in [5.74, 6) is 0.384. The zero-order valence-corrected chi connectivity index (χ0v) is 11.3. The van der Waals surface area contributed by atoms with Crippen molar-refractivity contribution in [1.82, 2.24) is 0 Å². The second-order valence-corrected chi connectivity index (χ2v) is 4.19. The average Bonchev–Trinajstić information content (AvgIpc) is 2.36. The smallest absolute Gasteiger partial charge is 0.234 e. The zero-order chi connectivity index (χ0) is 13.7. The molecule has 0 bridgehead atoms. The van der Waals surface area contributed by atoms with Crippen LogP contribution in [0.15, 0.2) is 18.2 Å². The van der Waals surface area contributed by atoms with Crippen molar-refractivity contribution in [1.29, 1.82) is 0 Å². The van der Waals surface area contributed by atoms with E-state index >= 15 is 0 Å². The van der Waals surface area contributed by atoms with Gasteiger partial charge in [-0.3, -0.25) is 4.79 Å². The van der Waals surface area contributed by atoms with E-state index in [4.69, 9.17) is 27.4 Å². The van der Waals surface area contributed by atoms with Gasteiger partial charge in [0.2, 0.25) is 5.91 Å². The van der Waals surface area contributed by atoms with Gasteiger partial charge in [-0.1, -0.05) is 12.2 Å². The van der Waals surface area contributed by atoms with E-state index in [1.165, 1.54) is 14.2 Å². The number of hydrogen-bond donors (Lipinski definition) is 2. The summed E-state index contributed by atoms with van der Waals surface area (Å²) in [6.07, 6.45) is 0. The van der Waals surface area contributed by atoms with E-state index in [1.54, 1.807) is 25.1 Å². The van der Waals surface area contributed by atoms with E-state index < -0.39 is 5.92 Å².